The number of carbonyl (C=O) groups is 2. The third-order valence-electron chi connectivity index (χ3n) is 14.9. The van der Waals surface area contributed by atoms with Gasteiger partial charge in [0.2, 0.25) is 5.91 Å². The van der Waals surface area contributed by atoms with Crippen LogP contribution < -0.4 is 5.32 Å². The van der Waals surface area contributed by atoms with E-state index in [1.807, 2.05) is 0 Å². The fourth-order valence-corrected chi connectivity index (χ4v) is 10.1. The van der Waals surface area contributed by atoms with Crippen molar-refractivity contribution in [3.8, 4) is 0 Å². The Morgan fingerprint density at radius 1 is 0.353 bits per heavy atom. The molecule has 0 heterocycles. The lowest BCUT2D eigenvalue weighted by atomic mass is 10.0. The molecular formula is C62H123NO5. The van der Waals surface area contributed by atoms with Crippen LogP contribution in [0.1, 0.15) is 361 Å². The number of unbranched alkanes of at least 4 members (excludes halogenated alkanes) is 48. The smallest absolute Gasteiger partial charge is 0.305 e. The van der Waals surface area contributed by atoms with E-state index in [2.05, 4.69) is 19.2 Å². The highest BCUT2D eigenvalue weighted by atomic mass is 16.5. The fraction of sp³-hybridized carbons (Fsp3) is 0.968. The minimum atomic E-state index is -0.660. The number of rotatable bonds is 59. The fourth-order valence-electron chi connectivity index (χ4n) is 10.1. The molecule has 0 aromatic heterocycles. The van der Waals surface area contributed by atoms with Crippen LogP contribution in [0.5, 0.6) is 0 Å². The van der Waals surface area contributed by atoms with Gasteiger partial charge >= 0.3 is 5.97 Å². The predicted molar refractivity (Wildman–Crippen MR) is 297 cm³/mol. The second kappa shape index (κ2) is 58.4. The molecule has 0 rings (SSSR count). The van der Waals surface area contributed by atoms with Gasteiger partial charge in [0.05, 0.1) is 25.4 Å². The average Bonchev–Trinajstić information content (AvgIpc) is 3.34. The van der Waals surface area contributed by atoms with Gasteiger partial charge in [-0.2, -0.15) is 0 Å². The summed E-state index contributed by atoms with van der Waals surface area (Å²) in [5.41, 5.74) is 0. The summed E-state index contributed by atoms with van der Waals surface area (Å²) in [5, 5.41) is 23.3. The molecule has 0 aliphatic rings. The first-order valence-electron chi connectivity index (χ1n) is 31.3. The summed E-state index contributed by atoms with van der Waals surface area (Å²) in [6.45, 7) is 4.98. The maximum Gasteiger partial charge on any atom is 0.305 e. The van der Waals surface area contributed by atoms with Gasteiger partial charge in [-0.3, -0.25) is 9.59 Å². The van der Waals surface area contributed by atoms with Gasteiger partial charge in [-0.25, -0.2) is 0 Å². The van der Waals surface area contributed by atoms with Crippen LogP contribution in [0.2, 0.25) is 0 Å². The number of hydrogen-bond acceptors (Lipinski definition) is 5. The zero-order valence-electron chi connectivity index (χ0n) is 46.4. The number of nitrogens with one attached hydrogen (secondary N) is 1. The lowest BCUT2D eigenvalue weighted by molar-refractivity contribution is -0.143. The SMILES string of the molecule is CCCCCCCCCCCCCCCC(O)C(CO)NC(=O)CCCCCCCCCCCCCCCCCCCCCCCCCCCCOC(=O)CCCCCCCCCCCCCC. The van der Waals surface area contributed by atoms with E-state index in [1.54, 1.807) is 0 Å². The monoisotopic (exact) mass is 962 g/mol. The highest BCUT2D eigenvalue weighted by Crippen LogP contribution is 2.19. The van der Waals surface area contributed by atoms with E-state index in [1.165, 1.54) is 289 Å². The molecule has 2 atom stereocenters. The number of aliphatic hydroxyl groups excluding tert-OH is 2. The normalized spacial score (nSPS) is 12.5. The molecule has 0 radical (unpaired) electrons. The van der Waals surface area contributed by atoms with Gasteiger partial charge in [-0.1, -0.05) is 322 Å². The molecule has 1 amide bonds. The second-order valence-corrected chi connectivity index (χ2v) is 21.8. The first-order chi connectivity index (χ1) is 33.5. The summed E-state index contributed by atoms with van der Waals surface area (Å²) in [4.78, 5) is 24.5. The van der Waals surface area contributed by atoms with E-state index < -0.39 is 12.1 Å². The molecule has 0 saturated carbocycles. The molecule has 3 N–H and O–H groups in total. The van der Waals surface area contributed by atoms with Crippen LogP contribution in [0.15, 0.2) is 0 Å². The Kier molecular flexibility index (Phi) is 57.5. The van der Waals surface area contributed by atoms with Crippen LogP contribution in [0.3, 0.4) is 0 Å². The van der Waals surface area contributed by atoms with Crippen LogP contribution >= 0.6 is 0 Å². The minimum absolute atomic E-state index is 0.0188. The number of esters is 1. The Bertz CT molecular complexity index is 975. The molecular weight excluding hydrogens is 839 g/mol. The molecule has 0 saturated heterocycles. The minimum Gasteiger partial charge on any atom is -0.466 e. The molecule has 406 valence electrons. The van der Waals surface area contributed by atoms with Gasteiger partial charge in [0.1, 0.15) is 0 Å². The van der Waals surface area contributed by atoms with Gasteiger partial charge < -0.3 is 20.3 Å². The zero-order valence-corrected chi connectivity index (χ0v) is 46.4. The Hall–Kier alpha value is -1.14. The molecule has 0 aromatic carbocycles. The Morgan fingerprint density at radius 2 is 0.603 bits per heavy atom. The zero-order chi connectivity index (χ0) is 49.3. The van der Waals surface area contributed by atoms with E-state index in [9.17, 15) is 19.8 Å². The molecule has 0 aliphatic carbocycles. The van der Waals surface area contributed by atoms with E-state index >= 15 is 0 Å². The van der Waals surface area contributed by atoms with Crippen molar-refractivity contribution in [2.45, 2.75) is 373 Å². The van der Waals surface area contributed by atoms with E-state index in [4.69, 9.17) is 4.74 Å². The summed E-state index contributed by atoms with van der Waals surface area (Å²) in [5.74, 6) is -0.0117. The molecule has 68 heavy (non-hydrogen) atoms. The van der Waals surface area contributed by atoms with Crippen molar-refractivity contribution in [1.82, 2.24) is 5.32 Å². The highest BCUT2D eigenvalue weighted by molar-refractivity contribution is 5.76. The van der Waals surface area contributed by atoms with Gasteiger partial charge in [0, 0.05) is 12.8 Å². The van der Waals surface area contributed by atoms with Crippen molar-refractivity contribution in [2.24, 2.45) is 0 Å². The third kappa shape index (κ3) is 54.2. The van der Waals surface area contributed by atoms with Crippen molar-refractivity contribution in [1.29, 1.82) is 0 Å². The van der Waals surface area contributed by atoms with Crippen molar-refractivity contribution in [3.05, 3.63) is 0 Å². The maximum absolute atomic E-state index is 12.5. The lowest BCUT2D eigenvalue weighted by Crippen LogP contribution is -2.45. The molecule has 6 nitrogen and oxygen atoms in total. The summed E-state index contributed by atoms with van der Waals surface area (Å²) in [6, 6.07) is -0.537. The standard InChI is InChI=1S/C62H123NO5/c1-3-5-7-9-11-13-15-31-34-38-42-46-50-54-60(65)59(58-64)63-61(66)55-51-47-43-39-35-32-29-27-25-23-21-19-17-18-20-22-24-26-28-30-33-37-41-45-49-53-57-68-62(67)56-52-48-44-40-36-16-14-12-10-8-6-4-2/h59-60,64-65H,3-58H2,1-2H3,(H,63,66). The number of hydrogen-bond donors (Lipinski definition) is 3. The number of ether oxygens (including phenoxy) is 1. The Morgan fingerprint density at radius 3 is 0.897 bits per heavy atom. The lowest BCUT2D eigenvalue weighted by Gasteiger charge is -2.22. The summed E-state index contributed by atoms with van der Waals surface area (Å²) in [6.07, 6.45) is 68.4. The topological polar surface area (TPSA) is 95.9 Å². The molecule has 2 unspecified atom stereocenters. The summed E-state index contributed by atoms with van der Waals surface area (Å²) in [7, 11) is 0. The predicted octanol–water partition coefficient (Wildman–Crippen LogP) is 19.5. The molecule has 0 aliphatic heterocycles. The van der Waals surface area contributed by atoms with Crippen molar-refractivity contribution >= 4 is 11.9 Å². The van der Waals surface area contributed by atoms with Crippen LogP contribution in [-0.2, 0) is 14.3 Å². The number of carbonyl (C=O) groups excluding carboxylic acids is 2. The van der Waals surface area contributed by atoms with Crippen LogP contribution in [0.4, 0.5) is 0 Å². The summed E-state index contributed by atoms with van der Waals surface area (Å²) >= 11 is 0. The average molecular weight is 963 g/mol. The Labute approximate surface area is 426 Å². The van der Waals surface area contributed by atoms with Gasteiger partial charge in [0.25, 0.3) is 0 Å². The van der Waals surface area contributed by atoms with Crippen LogP contribution in [0.25, 0.3) is 0 Å². The van der Waals surface area contributed by atoms with E-state index in [-0.39, 0.29) is 18.5 Å². The van der Waals surface area contributed by atoms with Gasteiger partial charge in [-0.15, -0.1) is 0 Å². The van der Waals surface area contributed by atoms with E-state index in [0.29, 0.717) is 25.9 Å². The quantitative estimate of drug-likeness (QED) is 0.0417. The maximum atomic E-state index is 12.5. The molecule has 0 spiro atoms. The van der Waals surface area contributed by atoms with Crippen molar-refractivity contribution in [2.75, 3.05) is 13.2 Å². The van der Waals surface area contributed by atoms with Crippen LogP contribution in [-0.4, -0.2) is 47.4 Å². The first kappa shape index (κ1) is 66.9. The number of amides is 1. The number of aliphatic hydroxyl groups is 2. The molecule has 0 bridgehead atoms. The highest BCUT2D eigenvalue weighted by Gasteiger charge is 2.20. The third-order valence-corrected chi connectivity index (χ3v) is 14.9. The molecule has 0 fully saturated rings. The molecule has 6 heteroatoms. The Balaban J connectivity index is 3.33. The second-order valence-electron chi connectivity index (χ2n) is 21.8. The van der Waals surface area contributed by atoms with Gasteiger partial charge in [-0.05, 0) is 25.7 Å². The first-order valence-corrected chi connectivity index (χ1v) is 31.3. The molecule has 0 aromatic rings. The van der Waals surface area contributed by atoms with Crippen LogP contribution in [0, 0.1) is 0 Å². The van der Waals surface area contributed by atoms with Crippen molar-refractivity contribution < 1.29 is 24.5 Å². The summed E-state index contributed by atoms with van der Waals surface area (Å²) < 4.78 is 5.48. The van der Waals surface area contributed by atoms with Crippen molar-refractivity contribution in [3.63, 3.8) is 0 Å². The van der Waals surface area contributed by atoms with Gasteiger partial charge in [0.15, 0.2) is 0 Å². The largest absolute Gasteiger partial charge is 0.466 e. The van der Waals surface area contributed by atoms with E-state index in [0.717, 1.165) is 38.5 Å².